The van der Waals surface area contributed by atoms with E-state index in [-0.39, 0.29) is 0 Å². The second-order valence-electron chi connectivity index (χ2n) is 5.52. The zero-order chi connectivity index (χ0) is 17.4. The summed E-state index contributed by atoms with van der Waals surface area (Å²) in [7, 11) is 2.04. The van der Waals surface area contributed by atoms with Gasteiger partial charge in [0, 0.05) is 37.6 Å². The number of aliphatic imine (C=N–C) groups is 1. The van der Waals surface area contributed by atoms with Gasteiger partial charge < -0.3 is 14.7 Å². The highest BCUT2D eigenvalue weighted by atomic mass is 79.9. The zero-order valence-electron chi connectivity index (χ0n) is 14.4. The Morgan fingerprint density at radius 1 is 1.38 bits per heavy atom. The van der Waals surface area contributed by atoms with Crippen LogP contribution in [0.1, 0.15) is 30.6 Å². The largest absolute Gasteiger partial charge is 0.357 e. The van der Waals surface area contributed by atoms with Gasteiger partial charge in [-0.05, 0) is 31.9 Å². The van der Waals surface area contributed by atoms with E-state index in [1.54, 1.807) is 0 Å². The van der Waals surface area contributed by atoms with Crippen molar-refractivity contribution < 1.29 is 4.52 Å². The zero-order valence-corrected chi connectivity index (χ0v) is 16.0. The Balaban J connectivity index is 1.90. The van der Waals surface area contributed by atoms with Crippen LogP contribution in [0.25, 0.3) is 0 Å². The molecule has 1 aromatic carbocycles. The van der Waals surface area contributed by atoms with Crippen molar-refractivity contribution in [1.29, 1.82) is 0 Å². The van der Waals surface area contributed by atoms with Crippen LogP contribution in [0.4, 0.5) is 0 Å². The number of nitrogens with zero attached hydrogens (tertiary/aromatic N) is 4. The standard InChI is InChI=1S/C17H24BrN5O/c1-4-19-17(20-11-7-10-16-21-13(2)22-24-16)23(3)12-14-8-5-6-9-15(14)18/h5-6,8-9H,4,7,10-12H2,1-3H3,(H,19,20). The molecule has 2 aromatic rings. The molecule has 0 radical (unpaired) electrons. The summed E-state index contributed by atoms with van der Waals surface area (Å²) < 4.78 is 6.23. The summed E-state index contributed by atoms with van der Waals surface area (Å²) in [5, 5.41) is 7.13. The van der Waals surface area contributed by atoms with E-state index in [1.165, 1.54) is 5.56 Å². The van der Waals surface area contributed by atoms with Crippen molar-refractivity contribution in [1.82, 2.24) is 20.4 Å². The van der Waals surface area contributed by atoms with Crippen molar-refractivity contribution in [2.24, 2.45) is 4.99 Å². The third-order valence-electron chi connectivity index (χ3n) is 3.44. The number of nitrogens with one attached hydrogen (secondary N) is 1. The van der Waals surface area contributed by atoms with Gasteiger partial charge in [0.15, 0.2) is 11.8 Å². The predicted molar refractivity (Wildman–Crippen MR) is 98.9 cm³/mol. The van der Waals surface area contributed by atoms with Crippen molar-refractivity contribution >= 4 is 21.9 Å². The first-order chi connectivity index (χ1) is 11.6. The Bertz CT molecular complexity index is 671. The molecule has 6 nitrogen and oxygen atoms in total. The lowest BCUT2D eigenvalue weighted by atomic mass is 10.2. The Labute approximate surface area is 151 Å². The molecule has 0 saturated carbocycles. The van der Waals surface area contributed by atoms with E-state index < -0.39 is 0 Å². The third kappa shape index (κ3) is 5.63. The highest BCUT2D eigenvalue weighted by Crippen LogP contribution is 2.17. The monoisotopic (exact) mass is 393 g/mol. The molecule has 1 aromatic heterocycles. The molecule has 0 aliphatic rings. The molecular formula is C17H24BrN5O. The number of hydrogen-bond donors (Lipinski definition) is 1. The molecule has 0 saturated heterocycles. The molecule has 24 heavy (non-hydrogen) atoms. The van der Waals surface area contributed by atoms with Crippen LogP contribution in [0.15, 0.2) is 38.3 Å². The lowest BCUT2D eigenvalue weighted by Gasteiger charge is -2.22. The third-order valence-corrected chi connectivity index (χ3v) is 4.22. The second kappa shape index (κ2) is 9.42. The summed E-state index contributed by atoms with van der Waals surface area (Å²) in [4.78, 5) is 11.0. The van der Waals surface area contributed by atoms with Gasteiger partial charge in [0.05, 0.1) is 0 Å². The molecule has 0 bridgehead atoms. The SMILES string of the molecule is CCNC(=NCCCc1nc(C)no1)N(C)Cc1ccccc1Br. The van der Waals surface area contributed by atoms with Crippen LogP contribution in [-0.4, -0.2) is 41.1 Å². The predicted octanol–water partition coefficient (Wildman–Crippen LogP) is 3.17. The number of benzene rings is 1. The van der Waals surface area contributed by atoms with Gasteiger partial charge in [0.1, 0.15) is 0 Å². The number of rotatable bonds is 7. The summed E-state index contributed by atoms with van der Waals surface area (Å²) >= 11 is 3.59. The summed E-state index contributed by atoms with van der Waals surface area (Å²) in [6, 6.07) is 8.23. The number of aryl methyl sites for hydroxylation is 2. The van der Waals surface area contributed by atoms with Crippen LogP contribution in [0.2, 0.25) is 0 Å². The smallest absolute Gasteiger partial charge is 0.226 e. The Hall–Kier alpha value is -1.89. The molecule has 7 heteroatoms. The van der Waals surface area contributed by atoms with E-state index >= 15 is 0 Å². The minimum absolute atomic E-state index is 0.675. The molecule has 0 fully saturated rings. The van der Waals surface area contributed by atoms with Crippen molar-refractivity contribution in [3.63, 3.8) is 0 Å². The fourth-order valence-corrected chi connectivity index (χ4v) is 2.69. The van der Waals surface area contributed by atoms with Gasteiger partial charge in [-0.2, -0.15) is 4.98 Å². The molecule has 1 heterocycles. The van der Waals surface area contributed by atoms with E-state index in [2.05, 4.69) is 60.3 Å². The summed E-state index contributed by atoms with van der Waals surface area (Å²) in [6.07, 6.45) is 1.62. The Morgan fingerprint density at radius 2 is 2.17 bits per heavy atom. The van der Waals surface area contributed by atoms with Gasteiger partial charge in [0.2, 0.25) is 5.89 Å². The molecule has 130 valence electrons. The molecule has 2 rings (SSSR count). The number of hydrogen-bond acceptors (Lipinski definition) is 4. The summed E-state index contributed by atoms with van der Waals surface area (Å²) in [5.74, 6) is 2.25. The fraction of sp³-hybridized carbons (Fsp3) is 0.471. The number of aromatic nitrogens is 2. The molecule has 0 aliphatic heterocycles. The molecule has 0 aliphatic carbocycles. The fourth-order valence-electron chi connectivity index (χ4n) is 2.28. The van der Waals surface area contributed by atoms with Crippen molar-refractivity contribution in [3.05, 3.63) is 46.0 Å². The Kier molecular flexibility index (Phi) is 7.24. The summed E-state index contributed by atoms with van der Waals surface area (Å²) in [6.45, 7) is 6.23. The second-order valence-corrected chi connectivity index (χ2v) is 6.38. The van der Waals surface area contributed by atoms with Crippen LogP contribution in [0, 0.1) is 6.92 Å². The highest BCUT2D eigenvalue weighted by molar-refractivity contribution is 9.10. The van der Waals surface area contributed by atoms with Gasteiger partial charge in [0.25, 0.3) is 0 Å². The van der Waals surface area contributed by atoms with E-state index in [4.69, 9.17) is 4.52 Å². The lowest BCUT2D eigenvalue weighted by Crippen LogP contribution is -2.38. The average molecular weight is 394 g/mol. The number of guanidine groups is 1. The molecule has 1 N–H and O–H groups in total. The van der Waals surface area contributed by atoms with Crippen molar-refractivity contribution in [3.8, 4) is 0 Å². The van der Waals surface area contributed by atoms with Gasteiger partial charge >= 0.3 is 0 Å². The van der Waals surface area contributed by atoms with Crippen LogP contribution < -0.4 is 5.32 Å². The van der Waals surface area contributed by atoms with Gasteiger partial charge in [-0.15, -0.1) is 0 Å². The van der Waals surface area contributed by atoms with Crippen molar-refractivity contribution in [2.75, 3.05) is 20.1 Å². The Morgan fingerprint density at radius 3 is 2.83 bits per heavy atom. The quantitative estimate of drug-likeness (QED) is 0.444. The average Bonchev–Trinajstić information content (AvgIpc) is 2.98. The van der Waals surface area contributed by atoms with Crippen LogP contribution >= 0.6 is 15.9 Å². The lowest BCUT2D eigenvalue weighted by molar-refractivity contribution is 0.372. The maximum absolute atomic E-state index is 5.12. The molecule has 0 atom stereocenters. The van der Waals surface area contributed by atoms with E-state index in [0.29, 0.717) is 18.3 Å². The molecule has 0 amide bonds. The minimum Gasteiger partial charge on any atom is -0.357 e. The minimum atomic E-state index is 0.675. The highest BCUT2D eigenvalue weighted by Gasteiger charge is 2.08. The van der Waals surface area contributed by atoms with Gasteiger partial charge in [-0.3, -0.25) is 4.99 Å². The first kappa shape index (κ1) is 18.4. The molecule has 0 unspecified atom stereocenters. The van der Waals surface area contributed by atoms with E-state index in [1.807, 2.05) is 26.1 Å². The normalized spacial score (nSPS) is 11.6. The van der Waals surface area contributed by atoms with Crippen LogP contribution in [0.5, 0.6) is 0 Å². The van der Waals surface area contributed by atoms with Crippen LogP contribution in [-0.2, 0) is 13.0 Å². The van der Waals surface area contributed by atoms with E-state index in [9.17, 15) is 0 Å². The molecular weight excluding hydrogens is 370 g/mol. The topological polar surface area (TPSA) is 66.5 Å². The van der Waals surface area contributed by atoms with Crippen molar-refractivity contribution in [2.45, 2.75) is 33.2 Å². The van der Waals surface area contributed by atoms with Gasteiger partial charge in [-0.1, -0.05) is 39.3 Å². The first-order valence-corrected chi connectivity index (χ1v) is 8.91. The number of halogens is 1. The first-order valence-electron chi connectivity index (χ1n) is 8.12. The van der Waals surface area contributed by atoms with Crippen LogP contribution in [0.3, 0.4) is 0 Å². The summed E-state index contributed by atoms with van der Waals surface area (Å²) in [5.41, 5.74) is 1.23. The van der Waals surface area contributed by atoms with Gasteiger partial charge in [-0.25, -0.2) is 0 Å². The maximum Gasteiger partial charge on any atom is 0.226 e. The molecule has 0 spiro atoms. The van der Waals surface area contributed by atoms with E-state index in [0.717, 1.165) is 36.4 Å². The maximum atomic E-state index is 5.12.